The molecule has 2 rings (SSSR count). The molecule has 0 N–H and O–H groups in total. The van der Waals surface area contributed by atoms with Crippen molar-refractivity contribution in [1.29, 1.82) is 0 Å². The molecule has 0 fully saturated rings. The zero-order chi connectivity index (χ0) is 14.0. The quantitative estimate of drug-likeness (QED) is 0.779. The van der Waals surface area contributed by atoms with Crippen molar-refractivity contribution in [3.8, 4) is 0 Å². The Bertz CT molecular complexity index is 593. The van der Waals surface area contributed by atoms with Gasteiger partial charge >= 0.3 is 0 Å². The van der Waals surface area contributed by atoms with Gasteiger partial charge in [-0.25, -0.2) is 8.42 Å². The summed E-state index contributed by atoms with van der Waals surface area (Å²) in [5, 5.41) is 0. The van der Waals surface area contributed by atoms with Crippen molar-refractivity contribution < 1.29 is 13.2 Å². The minimum atomic E-state index is -3.22. The Labute approximate surface area is 114 Å². The molecule has 0 aromatic heterocycles. The second-order valence-electron chi connectivity index (χ2n) is 4.89. The number of Topliss-reactive ketones (excluding diaryl/α,β-unsaturated/α-hetero) is 1. The van der Waals surface area contributed by atoms with Gasteiger partial charge < -0.3 is 0 Å². The molecule has 1 aliphatic heterocycles. The predicted molar refractivity (Wildman–Crippen MR) is 76.2 cm³/mol. The Morgan fingerprint density at radius 1 is 1.37 bits per heavy atom. The first-order valence-electron chi connectivity index (χ1n) is 6.60. The summed E-state index contributed by atoms with van der Waals surface area (Å²) in [5.41, 5.74) is 2.33. The first-order chi connectivity index (χ1) is 8.95. The highest BCUT2D eigenvalue weighted by Gasteiger charge is 2.29. The molecule has 1 heterocycles. The third kappa shape index (κ3) is 2.81. The minimum absolute atomic E-state index is 0.00934. The van der Waals surface area contributed by atoms with Crippen molar-refractivity contribution >= 4 is 21.5 Å². The Morgan fingerprint density at radius 3 is 2.74 bits per heavy atom. The summed E-state index contributed by atoms with van der Waals surface area (Å²) in [7, 11) is -3.22. The van der Waals surface area contributed by atoms with E-state index in [1.165, 1.54) is 11.2 Å². The standard InChI is InChI=1S/C14H19NO3S/c1-3-4-9-19(17,18)15-8-7-13-10-12(11(2)16)5-6-14(13)15/h5-6,10H,3-4,7-9H2,1-2H3. The molecular weight excluding hydrogens is 262 g/mol. The van der Waals surface area contributed by atoms with E-state index in [1.807, 2.05) is 13.0 Å². The van der Waals surface area contributed by atoms with Crippen molar-refractivity contribution in [2.24, 2.45) is 0 Å². The maximum atomic E-state index is 12.2. The number of anilines is 1. The van der Waals surface area contributed by atoms with Gasteiger partial charge in [-0.05, 0) is 43.5 Å². The number of ketones is 1. The lowest BCUT2D eigenvalue weighted by Gasteiger charge is -2.19. The largest absolute Gasteiger partial charge is 0.295 e. The molecule has 0 radical (unpaired) electrons. The van der Waals surface area contributed by atoms with Gasteiger partial charge in [0.1, 0.15) is 0 Å². The van der Waals surface area contributed by atoms with Gasteiger partial charge in [0.15, 0.2) is 5.78 Å². The van der Waals surface area contributed by atoms with Gasteiger partial charge in [-0.1, -0.05) is 13.3 Å². The van der Waals surface area contributed by atoms with Crippen LogP contribution in [0.2, 0.25) is 0 Å². The van der Waals surface area contributed by atoms with Crippen molar-refractivity contribution in [2.75, 3.05) is 16.6 Å². The van der Waals surface area contributed by atoms with E-state index < -0.39 is 10.0 Å². The van der Waals surface area contributed by atoms with Gasteiger partial charge in [0.05, 0.1) is 11.4 Å². The van der Waals surface area contributed by atoms with Crippen LogP contribution in [-0.4, -0.2) is 26.5 Å². The molecule has 104 valence electrons. The summed E-state index contributed by atoms with van der Waals surface area (Å²) < 4.78 is 26.0. The van der Waals surface area contributed by atoms with Gasteiger partial charge in [-0.2, -0.15) is 0 Å². The van der Waals surface area contributed by atoms with E-state index in [0.717, 1.165) is 17.7 Å². The lowest BCUT2D eigenvalue weighted by Crippen LogP contribution is -2.31. The first kappa shape index (κ1) is 14.1. The lowest BCUT2D eigenvalue weighted by atomic mass is 10.1. The highest BCUT2D eigenvalue weighted by atomic mass is 32.2. The smallest absolute Gasteiger partial charge is 0.235 e. The van der Waals surface area contributed by atoms with Crippen LogP contribution in [0.3, 0.4) is 0 Å². The number of unbranched alkanes of at least 4 members (excludes halogenated alkanes) is 1. The van der Waals surface area contributed by atoms with Crippen LogP contribution in [0.25, 0.3) is 0 Å². The second-order valence-corrected chi connectivity index (χ2v) is 6.90. The number of rotatable bonds is 5. The van der Waals surface area contributed by atoms with Gasteiger partial charge in [0.25, 0.3) is 0 Å². The molecule has 4 nitrogen and oxygen atoms in total. The molecule has 1 aromatic rings. The number of carbonyl (C=O) groups excluding carboxylic acids is 1. The number of fused-ring (bicyclic) bond motifs is 1. The fourth-order valence-corrected chi connectivity index (χ4v) is 4.04. The summed E-state index contributed by atoms with van der Waals surface area (Å²) >= 11 is 0. The number of hydrogen-bond donors (Lipinski definition) is 0. The van der Waals surface area contributed by atoms with Gasteiger partial charge in [-0.15, -0.1) is 0 Å². The number of hydrogen-bond acceptors (Lipinski definition) is 3. The van der Waals surface area contributed by atoms with E-state index in [1.54, 1.807) is 12.1 Å². The van der Waals surface area contributed by atoms with Gasteiger partial charge in [0.2, 0.25) is 10.0 Å². The molecule has 0 amide bonds. The van der Waals surface area contributed by atoms with Crippen LogP contribution in [0.4, 0.5) is 5.69 Å². The monoisotopic (exact) mass is 281 g/mol. The zero-order valence-electron chi connectivity index (χ0n) is 11.3. The molecule has 0 saturated heterocycles. The van der Waals surface area contributed by atoms with Crippen LogP contribution in [0.15, 0.2) is 18.2 Å². The summed E-state index contributed by atoms with van der Waals surface area (Å²) in [6.45, 7) is 3.99. The SMILES string of the molecule is CCCCS(=O)(=O)N1CCc2cc(C(C)=O)ccc21. The topological polar surface area (TPSA) is 54.5 Å². The molecule has 0 atom stereocenters. The molecule has 1 aliphatic rings. The molecule has 19 heavy (non-hydrogen) atoms. The summed E-state index contributed by atoms with van der Waals surface area (Å²) in [5.74, 6) is 0.201. The maximum absolute atomic E-state index is 12.2. The molecule has 0 aliphatic carbocycles. The molecule has 5 heteroatoms. The molecule has 0 bridgehead atoms. The fraction of sp³-hybridized carbons (Fsp3) is 0.500. The van der Waals surface area contributed by atoms with E-state index in [2.05, 4.69) is 0 Å². The van der Waals surface area contributed by atoms with E-state index in [-0.39, 0.29) is 11.5 Å². The van der Waals surface area contributed by atoms with Crippen LogP contribution in [0, 0.1) is 0 Å². The van der Waals surface area contributed by atoms with Crippen LogP contribution in [0.5, 0.6) is 0 Å². The number of sulfonamides is 1. The first-order valence-corrected chi connectivity index (χ1v) is 8.21. The highest BCUT2D eigenvalue weighted by molar-refractivity contribution is 7.92. The third-order valence-corrected chi connectivity index (χ3v) is 5.29. The van der Waals surface area contributed by atoms with E-state index in [0.29, 0.717) is 24.9 Å². The second kappa shape index (κ2) is 5.33. The number of nitrogens with zero attached hydrogens (tertiary/aromatic N) is 1. The Balaban J connectivity index is 2.30. The van der Waals surface area contributed by atoms with E-state index in [4.69, 9.17) is 0 Å². The molecule has 1 aromatic carbocycles. The summed E-state index contributed by atoms with van der Waals surface area (Å²) in [6, 6.07) is 5.27. The maximum Gasteiger partial charge on any atom is 0.235 e. The van der Waals surface area contributed by atoms with Crippen LogP contribution in [-0.2, 0) is 16.4 Å². The Hall–Kier alpha value is -1.36. The zero-order valence-corrected chi connectivity index (χ0v) is 12.2. The van der Waals surface area contributed by atoms with Gasteiger partial charge in [0, 0.05) is 12.1 Å². The van der Waals surface area contributed by atoms with E-state index >= 15 is 0 Å². The van der Waals surface area contributed by atoms with Crippen molar-refractivity contribution in [3.05, 3.63) is 29.3 Å². The lowest BCUT2D eigenvalue weighted by molar-refractivity contribution is 0.101. The molecule has 0 unspecified atom stereocenters. The highest BCUT2D eigenvalue weighted by Crippen LogP contribution is 2.31. The van der Waals surface area contributed by atoms with Crippen LogP contribution < -0.4 is 4.31 Å². The Kier molecular flexibility index (Phi) is 3.94. The van der Waals surface area contributed by atoms with Crippen molar-refractivity contribution in [2.45, 2.75) is 33.1 Å². The minimum Gasteiger partial charge on any atom is -0.295 e. The average molecular weight is 281 g/mol. The number of benzene rings is 1. The molecular formula is C14H19NO3S. The molecule has 0 saturated carbocycles. The third-order valence-electron chi connectivity index (χ3n) is 3.43. The van der Waals surface area contributed by atoms with Gasteiger partial charge in [-0.3, -0.25) is 9.10 Å². The average Bonchev–Trinajstić information content (AvgIpc) is 2.79. The summed E-state index contributed by atoms with van der Waals surface area (Å²) in [4.78, 5) is 11.3. The molecule has 0 spiro atoms. The Morgan fingerprint density at radius 2 is 2.11 bits per heavy atom. The van der Waals surface area contributed by atoms with Crippen LogP contribution in [0.1, 0.15) is 42.6 Å². The van der Waals surface area contributed by atoms with Crippen molar-refractivity contribution in [3.63, 3.8) is 0 Å². The van der Waals surface area contributed by atoms with E-state index in [9.17, 15) is 13.2 Å². The fourth-order valence-electron chi connectivity index (χ4n) is 2.32. The predicted octanol–water partition coefficient (Wildman–Crippen LogP) is 2.38. The van der Waals surface area contributed by atoms with Crippen LogP contribution >= 0.6 is 0 Å². The normalized spacial score (nSPS) is 14.5. The number of carbonyl (C=O) groups is 1. The van der Waals surface area contributed by atoms with Crippen molar-refractivity contribution in [1.82, 2.24) is 0 Å². The summed E-state index contributed by atoms with van der Waals surface area (Å²) in [6.07, 6.45) is 2.23.